The molecule has 1 fully saturated rings. The number of amides is 1. The molecule has 1 aliphatic rings. The highest BCUT2D eigenvalue weighted by atomic mass is 16.5. The third kappa shape index (κ3) is 3.55. The molecule has 0 bridgehead atoms. The van der Waals surface area contributed by atoms with Crippen molar-refractivity contribution in [3.8, 4) is 0 Å². The predicted octanol–water partition coefficient (Wildman–Crippen LogP) is 2.36. The summed E-state index contributed by atoms with van der Waals surface area (Å²) < 4.78 is 5.17. The van der Waals surface area contributed by atoms with Crippen molar-refractivity contribution in [1.82, 2.24) is 4.90 Å². The van der Waals surface area contributed by atoms with E-state index in [0.717, 1.165) is 5.69 Å². The first-order valence-corrected chi connectivity index (χ1v) is 7.70. The molecule has 0 aromatic heterocycles. The molecule has 0 aliphatic carbocycles. The third-order valence-electron chi connectivity index (χ3n) is 3.84. The van der Waals surface area contributed by atoms with E-state index >= 15 is 0 Å². The van der Waals surface area contributed by atoms with Gasteiger partial charge >= 0.3 is 5.97 Å². The maximum Gasteiger partial charge on any atom is 0.334 e. The second kappa shape index (κ2) is 7.14. The van der Waals surface area contributed by atoms with Crippen LogP contribution < -0.4 is 5.32 Å². The quantitative estimate of drug-likeness (QED) is 0.902. The number of para-hydroxylation sites is 2. The van der Waals surface area contributed by atoms with Crippen LogP contribution in [0.3, 0.4) is 0 Å². The second-order valence-electron chi connectivity index (χ2n) is 5.49. The summed E-state index contributed by atoms with van der Waals surface area (Å²) in [5.41, 5.74) is 2.07. The van der Waals surface area contributed by atoms with Crippen LogP contribution in [-0.2, 0) is 9.53 Å². The Morgan fingerprint density at radius 1 is 1.08 bits per heavy atom. The Bertz CT molecular complexity index is 733. The molecular formula is C18H18N2O4. The smallest absolute Gasteiger partial charge is 0.334 e. The molecule has 2 aromatic rings. The highest BCUT2D eigenvalue weighted by Gasteiger charge is 2.30. The Kier molecular flexibility index (Phi) is 4.77. The highest BCUT2D eigenvalue weighted by molar-refractivity contribution is 6.00. The van der Waals surface area contributed by atoms with Gasteiger partial charge in [-0.15, -0.1) is 0 Å². The molecule has 1 atom stereocenters. The fourth-order valence-electron chi connectivity index (χ4n) is 2.61. The molecule has 24 heavy (non-hydrogen) atoms. The minimum atomic E-state index is -1.05. The van der Waals surface area contributed by atoms with E-state index in [9.17, 15) is 9.59 Å². The highest BCUT2D eigenvalue weighted by Crippen LogP contribution is 2.23. The van der Waals surface area contributed by atoms with Gasteiger partial charge in [0.1, 0.15) is 0 Å². The number of hydrogen-bond donors (Lipinski definition) is 2. The van der Waals surface area contributed by atoms with Crippen molar-refractivity contribution in [2.75, 3.05) is 25.0 Å². The number of anilines is 2. The Morgan fingerprint density at radius 2 is 1.79 bits per heavy atom. The number of aliphatic carboxylic acids is 1. The lowest BCUT2D eigenvalue weighted by Gasteiger charge is -2.31. The van der Waals surface area contributed by atoms with Crippen molar-refractivity contribution >= 4 is 23.3 Å². The maximum atomic E-state index is 12.8. The summed E-state index contributed by atoms with van der Waals surface area (Å²) in [6, 6.07) is 16.8. The van der Waals surface area contributed by atoms with Gasteiger partial charge in [0.2, 0.25) is 0 Å². The third-order valence-corrected chi connectivity index (χ3v) is 3.84. The summed E-state index contributed by atoms with van der Waals surface area (Å²) in [4.78, 5) is 25.4. The minimum absolute atomic E-state index is 0.0494. The molecule has 1 amide bonds. The standard InChI is InChI=1S/C18H18N2O4/c21-17(20-10-11-24-16(12-20)18(22)23)14-8-4-5-9-15(14)19-13-6-2-1-3-7-13/h1-9,16,19H,10-12H2,(H,22,23)/t16-/m0/s1. The molecule has 2 N–H and O–H groups in total. The normalized spacial score (nSPS) is 17.3. The van der Waals surface area contributed by atoms with Crippen LogP contribution >= 0.6 is 0 Å². The van der Waals surface area contributed by atoms with Crippen molar-refractivity contribution < 1.29 is 19.4 Å². The van der Waals surface area contributed by atoms with Gasteiger partial charge in [0.25, 0.3) is 5.91 Å². The van der Waals surface area contributed by atoms with Crippen molar-refractivity contribution in [3.05, 3.63) is 60.2 Å². The SMILES string of the molecule is O=C(O)[C@@H]1CN(C(=O)c2ccccc2Nc2ccccc2)CCO1. The van der Waals surface area contributed by atoms with Crippen molar-refractivity contribution in [1.29, 1.82) is 0 Å². The van der Waals surface area contributed by atoms with Crippen LogP contribution in [0.15, 0.2) is 54.6 Å². The first-order chi connectivity index (χ1) is 11.6. The van der Waals surface area contributed by atoms with E-state index in [-0.39, 0.29) is 19.1 Å². The van der Waals surface area contributed by atoms with Crippen LogP contribution in [0.1, 0.15) is 10.4 Å². The Labute approximate surface area is 139 Å². The summed E-state index contributed by atoms with van der Waals surface area (Å²) in [7, 11) is 0. The van der Waals surface area contributed by atoms with Crippen LogP contribution in [0.4, 0.5) is 11.4 Å². The lowest BCUT2D eigenvalue weighted by molar-refractivity contribution is -0.154. The van der Waals surface area contributed by atoms with Crippen LogP contribution in [0.25, 0.3) is 0 Å². The van der Waals surface area contributed by atoms with Crippen LogP contribution in [-0.4, -0.2) is 47.7 Å². The molecule has 1 aliphatic heterocycles. The average molecular weight is 326 g/mol. The van der Waals surface area contributed by atoms with Gasteiger partial charge in [-0.3, -0.25) is 4.79 Å². The number of ether oxygens (including phenoxy) is 1. The van der Waals surface area contributed by atoms with Gasteiger partial charge in [0.15, 0.2) is 6.10 Å². The van der Waals surface area contributed by atoms with Gasteiger partial charge in [-0.1, -0.05) is 30.3 Å². The molecule has 0 spiro atoms. The minimum Gasteiger partial charge on any atom is -0.479 e. The van der Waals surface area contributed by atoms with Gasteiger partial charge in [0, 0.05) is 12.2 Å². The summed E-state index contributed by atoms with van der Waals surface area (Å²) in [6.07, 6.45) is -0.975. The molecule has 2 aromatic carbocycles. The number of carboxylic acid groups (broad SMARTS) is 1. The second-order valence-corrected chi connectivity index (χ2v) is 5.49. The van der Waals surface area contributed by atoms with Gasteiger partial charge < -0.3 is 20.1 Å². The van der Waals surface area contributed by atoms with Crippen LogP contribution in [0.5, 0.6) is 0 Å². The Balaban J connectivity index is 1.81. The fourth-order valence-corrected chi connectivity index (χ4v) is 2.61. The molecule has 0 radical (unpaired) electrons. The summed E-state index contributed by atoms with van der Waals surface area (Å²) >= 11 is 0. The number of carboxylic acids is 1. The first-order valence-electron chi connectivity index (χ1n) is 7.70. The van der Waals surface area contributed by atoms with E-state index in [4.69, 9.17) is 9.84 Å². The first kappa shape index (κ1) is 16.0. The molecule has 0 unspecified atom stereocenters. The van der Waals surface area contributed by atoms with Gasteiger partial charge in [-0.05, 0) is 24.3 Å². The van der Waals surface area contributed by atoms with E-state index < -0.39 is 12.1 Å². The lowest BCUT2D eigenvalue weighted by Crippen LogP contribution is -2.48. The lowest BCUT2D eigenvalue weighted by atomic mass is 10.1. The van der Waals surface area contributed by atoms with E-state index in [0.29, 0.717) is 17.8 Å². The molecule has 1 heterocycles. The molecule has 0 saturated carbocycles. The zero-order valence-electron chi connectivity index (χ0n) is 13.0. The zero-order valence-corrected chi connectivity index (χ0v) is 13.0. The Morgan fingerprint density at radius 3 is 2.54 bits per heavy atom. The number of morpholine rings is 1. The van der Waals surface area contributed by atoms with Gasteiger partial charge in [-0.2, -0.15) is 0 Å². The van der Waals surface area contributed by atoms with E-state index in [1.807, 2.05) is 42.5 Å². The fraction of sp³-hybridized carbons (Fsp3) is 0.222. The van der Waals surface area contributed by atoms with Crippen molar-refractivity contribution in [2.45, 2.75) is 6.10 Å². The molecule has 1 saturated heterocycles. The number of benzene rings is 2. The molecule has 124 valence electrons. The maximum absolute atomic E-state index is 12.8. The summed E-state index contributed by atoms with van der Waals surface area (Å²) in [5, 5.41) is 12.3. The molecule has 6 nitrogen and oxygen atoms in total. The average Bonchev–Trinajstić information content (AvgIpc) is 2.62. The van der Waals surface area contributed by atoms with E-state index in [1.165, 1.54) is 4.90 Å². The Hall–Kier alpha value is -2.86. The number of nitrogens with zero attached hydrogens (tertiary/aromatic N) is 1. The summed E-state index contributed by atoms with van der Waals surface area (Å²) in [6.45, 7) is 0.646. The van der Waals surface area contributed by atoms with Crippen molar-refractivity contribution in [2.24, 2.45) is 0 Å². The van der Waals surface area contributed by atoms with E-state index in [1.54, 1.807) is 12.1 Å². The molecular weight excluding hydrogens is 308 g/mol. The number of hydrogen-bond acceptors (Lipinski definition) is 4. The van der Waals surface area contributed by atoms with Crippen molar-refractivity contribution in [3.63, 3.8) is 0 Å². The van der Waals surface area contributed by atoms with Crippen LogP contribution in [0, 0.1) is 0 Å². The number of carbonyl (C=O) groups is 2. The molecule has 3 rings (SSSR count). The number of carbonyl (C=O) groups excluding carboxylic acids is 1. The monoisotopic (exact) mass is 326 g/mol. The molecule has 6 heteroatoms. The van der Waals surface area contributed by atoms with Gasteiger partial charge in [-0.25, -0.2) is 4.79 Å². The predicted molar refractivity (Wildman–Crippen MR) is 89.4 cm³/mol. The van der Waals surface area contributed by atoms with Crippen LogP contribution in [0.2, 0.25) is 0 Å². The largest absolute Gasteiger partial charge is 0.479 e. The number of nitrogens with one attached hydrogen (secondary N) is 1. The zero-order chi connectivity index (χ0) is 16.9. The van der Waals surface area contributed by atoms with Gasteiger partial charge in [0.05, 0.1) is 24.4 Å². The number of rotatable bonds is 4. The topological polar surface area (TPSA) is 78.9 Å². The van der Waals surface area contributed by atoms with E-state index in [2.05, 4.69) is 5.32 Å². The summed E-state index contributed by atoms with van der Waals surface area (Å²) in [5.74, 6) is -1.26.